The van der Waals surface area contributed by atoms with E-state index in [-0.39, 0.29) is 0 Å². The number of aromatic nitrogens is 1. The summed E-state index contributed by atoms with van der Waals surface area (Å²) in [4.78, 5) is 7.07. The van der Waals surface area contributed by atoms with Crippen molar-refractivity contribution < 1.29 is 0 Å². The molecule has 0 atom stereocenters. The molecule has 1 aromatic carbocycles. The number of benzene rings is 1. The minimum atomic E-state index is 0.716. The highest BCUT2D eigenvalue weighted by Crippen LogP contribution is 2.21. The number of hydrogen-bond donors (Lipinski definition) is 1. The number of para-hydroxylation sites is 1. The van der Waals surface area contributed by atoms with E-state index in [4.69, 9.17) is 0 Å². The Bertz CT molecular complexity index is 556. The highest BCUT2D eigenvalue weighted by molar-refractivity contribution is 5.81. The zero-order valence-electron chi connectivity index (χ0n) is 12.2. The molecule has 0 bridgehead atoms. The van der Waals surface area contributed by atoms with Crippen LogP contribution in [0.3, 0.4) is 0 Å². The van der Waals surface area contributed by atoms with Crippen molar-refractivity contribution in [1.82, 2.24) is 15.2 Å². The lowest BCUT2D eigenvalue weighted by atomic mass is 10.0. The zero-order valence-corrected chi connectivity index (χ0v) is 12.2. The Labute approximate surface area is 121 Å². The largest absolute Gasteiger partial charge is 0.317 e. The number of nitrogens with one attached hydrogen (secondary N) is 1. The standard InChI is InChI=1S/C17H23N3/c1-2-20(15-8-10-18-11-9-15)13-14-7-12-19-17-6-4-3-5-16(14)17/h3-7,12,15,18H,2,8-11,13H2,1H3. The van der Waals surface area contributed by atoms with Crippen molar-refractivity contribution in [3.05, 3.63) is 42.1 Å². The van der Waals surface area contributed by atoms with Gasteiger partial charge in [0.2, 0.25) is 0 Å². The first-order valence-electron chi connectivity index (χ1n) is 7.66. The second-order valence-electron chi connectivity index (χ2n) is 5.53. The van der Waals surface area contributed by atoms with Crippen LogP contribution in [-0.4, -0.2) is 35.6 Å². The molecule has 3 heteroatoms. The van der Waals surface area contributed by atoms with Crippen molar-refractivity contribution in [2.24, 2.45) is 0 Å². The average Bonchev–Trinajstić information content (AvgIpc) is 2.53. The van der Waals surface area contributed by atoms with Crippen LogP contribution < -0.4 is 5.32 Å². The molecule has 0 amide bonds. The van der Waals surface area contributed by atoms with Crippen molar-refractivity contribution in [1.29, 1.82) is 0 Å². The summed E-state index contributed by atoms with van der Waals surface area (Å²) in [7, 11) is 0. The molecule has 1 N–H and O–H groups in total. The Morgan fingerprint density at radius 1 is 1.20 bits per heavy atom. The predicted molar refractivity (Wildman–Crippen MR) is 83.7 cm³/mol. The van der Waals surface area contributed by atoms with Crippen molar-refractivity contribution >= 4 is 10.9 Å². The van der Waals surface area contributed by atoms with Crippen LogP contribution in [0.25, 0.3) is 10.9 Å². The summed E-state index contributed by atoms with van der Waals surface area (Å²) < 4.78 is 0. The highest BCUT2D eigenvalue weighted by Gasteiger charge is 2.20. The van der Waals surface area contributed by atoms with Gasteiger partial charge < -0.3 is 5.32 Å². The fraction of sp³-hybridized carbons (Fsp3) is 0.471. The predicted octanol–water partition coefficient (Wildman–Crippen LogP) is 2.81. The third kappa shape index (κ3) is 2.84. The summed E-state index contributed by atoms with van der Waals surface area (Å²) in [5.74, 6) is 0. The highest BCUT2D eigenvalue weighted by atomic mass is 15.2. The maximum atomic E-state index is 4.46. The van der Waals surface area contributed by atoms with E-state index in [2.05, 4.69) is 52.5 Å². The van der Waals surface area contributed by atoms with Crippen LogP contribution >= 0.6 is 0 Å². The van der Waals surface area contributed by atoms with Gasteiger partial charge in [-0.25, -0.2) is 0 Å². The van der Waals surface area contributed by atoms with Gasteiger partial charge in [0.1, 0.15) is 0 Å². The van der Waals surface area contributed by atoms with Gasteiger partial charge in [0, 0.05) is 24.2 Å². The van der Waals surface area contributed by atoms with E-state index < -0.39 is 0 Å². The SMILES string of the molecule is CCN(Cc1ccnc2ccccc12)C1CCNCC1. The van der Waals surface area contributed by atoms with Gasteiger partial charge in [-0.15, -0.1) is 0 Å². The molecule has 106 valence electrons. The molecule has 3 nitrogen and oxygen atoms in total. The van der Waals surface area contributed by atoms with Crippen LogP contribution in [0, 0.1) is 0 Å². The molecule has 0 spiro atoms. The van der Waals surface area contributed by atoms with Crippen LogP contribution in [0.15, 0.2) is 36.5 Å². The van der Waals surface area contributed by atoms with Gasteiger partial charge in [0.25, 0.3) is 0 Å². The summed E-state index contributed by atoms with van der Waals surface area (Å²) in [5, 5.41) is 4.74. The molecule has 1 fully saturated rings. The van der Waals surface area contributed by atoms with E-state index in [1.807, 2.05) is 6.20 Å². The van der Waals surface area contributed by atoms with E-state index in [1.165, 1.54) is 23.8 Å². The molecule has 0 aliphatic carbocycles. The van der Waals surface area contributed by atoms with Crippen LogP contribution in [0.1, 0.15) is 25.3 Å². The lowest BCUT2D eigenvalue weighted by Gasteiger charge is -2.34. The number of fused-ring (bicyclic) bond motifs is 1. The summed E-state index contributed by atoms with van der Waals surface area (Å²) in [6.07, 6.45) is 4.46. The van der Waals surface area contributed by atoms with Gasteiger partial charge in [0.05, 0.1) is 5.52 Å². The maximum absolute atomic E-state index is 4.46. The van der Waals surface area contributed by atoms with Crippen molar-refractivity contribution in [3.8, 4) is 0 Å². The van der Waals surface area contributed by atoms with Gasteiger partial charge in [-0.05, 0) is 50.2 Å². The van der Waals surface area contributed by atoms with Gasteiger partial charge >= 0.3 is 0 Å². The van der Waals surface area contributed by atoms with Gasteiger partial charge in [-0.2, -0.15) is 0 Å². The summed E-state index contributed by atoms with van der Waals surface area (Å²) in [6.45, 7) is 6.72. The summed E-state index contributed by atoms with van der Waals surface area (Å²) in [5.41, 5.74) is 2.50. The lowest BCUT2D eigenvalue weighted by Crippen LogP contribution is -2.42. The van der Waals surface area contributed by atoms with E-state index in [0.717, 1.165) is 31.7 Å². The number of piperidine rings is 1. The fourth-order valence-electron chi connectivity index (χ4n) is 3.18. The third-order valence-corrected chi connectivity index (χ3v) is 4.34. The van der Waals surface area contributed by atoms with E-state index in [9.17, 15) is 0 Å². The van der Waals surface area contributed by atoms with Crippen LogP contribution in [-0.2, 0) is 6.54 Å². The molecular weight excluding hydrogens is 246 g/mol. The average molecular weight is 269 g/mol. The smallest absolute Gasteiger partial charge is 0.0705 e. The maximum Gasteiger partial charge on any atom is 0.0705 e. The first-order valence-corrected chi connectivity index (χ1v) is 7.66. The van der Waals surface area contributed by atoms with Gasteiger partial charge in [-0.1, -0.05) is 25.1 Å². The third-order valence-electron chi connectivity index (χ3n) is 4.34. The van der Waals surface area contributed by atoms with Crippen molar-refractivity contribution in [2.75, 3.05) is 19.6 Å². The first-order chi connectivity index (χ1) is 9.88. The Kier molecular flexibility index (Phi) is 4.28. The first kappa shape index (κ1) is 13.5. The summed E-state index contributed by atoms with van der Waals surface area (Å²) >= 11 is 0. The number of hydrogen-bond acceptors (Lipinski definition) is 3. The van der Waals surface area contributed by atoms with Crippen LogP contribution in [0.5, 0.6) is 0 Å². The normalized spacial score (nSPS) is 16.9. The molecule has 2 heterocycles. The van der Waals surface area contributed by atoms with Gasteiger partial charge in [0.15, 0.2) is 0 Å². The second kappa shape index (κ2) is 6.33. The Morgan fingerprint density at radius 2 is 2.00 bits per heavy atom. The van der Waals surface area contributed by atoms with E-state index in [0.29, 0.717) is 6.04 Å². The van der Waals surface area contributed by atoms with E-state index in [1.54, 1.807) is 0 Å². The molecule has 1 aliphatic heterocycles. The molecule has 0 unspecified atom stereocenters. The minimum absolute atomic E-state index is 0.716. The van der Waals surface area contributed by atoms with Gasteiger partial charge in [-0.3, -0.25) is 9.88 Å². The molecule has 20 heavy (non-hydrogen) atoms. The topological polar surface area (TPSA) is 28.2 Å². The zero-order chi connectivity index (χ0) is 13.8. The number of nitrogens with zero attached hydrogens (tertiary/aromatic N) is 2. The van der Waals surface area contributed by atoms with Crippen LogP contribution in [0.2, 0.25) is 0 Å². The molecule has 1 aliphatic rings. The number of rotatable bonds is 4. The molecular formula is C17H23N3. The van der Waals surface area contributed by atoms with Crippen LogP contribution in [0.4, 0.5) is 0 Å². The lowest BCUT2D eigenvalue weighted by molar-refractivity contribution is 0.163. The van der Waals surface area contributed by atoms with Crippen molar-refractivity contribution in [2.45, 2.75) is 32.4 Å². The molecule has 2 aromatic rings. The Balaban J connectivity index is 1.83. The molecule has 3 rings (SSSR count). The quantitative estimate of drug-likeness (QED) is 0.925. The Hall–Kier alpha value is -1.45. The fourth-order valence-corrected chi connectivity index (χ4v) is 3.18. The number of pyridine rings is 1. The van der Waals surface area contributed by atoms with Crippen molar-refractivity contribution in [3.63, 3.8) is 0 Å². The molecule has 1 saturated heterocycles. The molecule has 0 saturated carbocycles. The second-order valence-corrected chi connectivity index (χ2v) is 5.53. The minimum Gasteiger partial charge on any atom is -0.317 e. The monoisotopic (exact) mass is 269 g/mol. The van der Waals surface area contributed by atoms with E-state index >= 15 is 0 Å². The Morgan fingerprint density at radius 3 is 2.80 bits per heavy atom. The molecule has 1 aromatic heterocycles. The molecule has 0 radical (unpaired) electrons. The summed E-state index contributed by atoms with van der Waals surface area (Å²) in [6, 6.07) is 11.3.